The maximum atomic E-state index is 11.8. The second-order valence-corrected chi connectivity index (χ2v) is 5.86. The molecule has 0 saturated heterocycles. The smallest absolute Gasteiger partial charge is 0.325 e. The van der Waals surface area contributed by atoms with Crippen molar-refractivity contribution in [2.45, 2.75) is 39.2 Å². The molecule has 1 N–H and O–H groups in total. The third kappa shape index (κ3) is 7.22. The molecule has 0 rings (SSSR count). The Bertz CT molecular complexity index is 272. The van der Waals surface area contributed by atoms with Gasteiger partial charge in [-0.3, -0.25) is 4.79 Å². The van der Waals surface area contributed by atoms with Gasteiger partial charge in [-0.05, 0) is 39.3 Å². The fourth-order valence-electron chi connectivity index (χ4n) is 2.24. The van der Waals surface area contributed by atoms with Crippen molar-refractivity contribution in [3.8, 4) is 0 Å². The van der Waals surface area contributed by atoms with Crippen molar-refractivity contribution in [1.82, 2.24) is 10.2 Å². The normalized spacial score (nSPS) is 14.6. The lowest BCUT2D eigenvalue weighted by Crippen LogP contribution is -2.48. The molecule has 0 fully saturated rings. The van der Waals surface area contributed by atoms with Gasteiger partial charge in [0.2, 0.25) is 0 Å². The minimum Gasteiger partial charge on any atom is -0.468 e. The molecule has 5 nitrogen and oxygen atoms in total. The van der Waals surface area contributed by atoms with E-state index in [0.29, 0.717) is 5.92 Å². The van der Waals surface area contributed by atoms with E-state index in [2.05, 4.69) is 24.1 Å². The summed E-state index contributed by atoms with van der Waals surface area (Å²) in [4.78, 5) is 14.2. The fourth-order valence-corrected chi connectivity index (χ4v) is 2.24. The molecule has 1 atom stereocenters. The van der Waals surface area contributed by atoms with E-state index in [1.54, 1.807) is 14.2 Å². The Balaban J connectivity index is 4.28. The zero-order valence-electron chi connectivity index (χ0n) is 14.0. The van der Waals surface area contributed by atoms with Crippen LogP contribution in [-0.4, -0.2) is 63.9 Å². The average Bonchev–Trinajstić information content (AvgIpc) is 2.42. The standard InChI is InChI=1S/C15H32N2O3/c1-13(2)12-17(10-11-19-5)9-7-8-15(3,16-4)14(18)20-6/h13,16H,7-12H2,1-6H3. The maximum absolute atomic E-state index is 11.8. The molecule has 0 spiro atoms. The quantitative estimate of drug-likeness (QED) is 0.584. The third-order valence-electron chi connectivity index (χ3n) is 3.57. The SMILES string of the molecule is CNC(C)(CCCN(CCOC)CC(C)C)C(=O)OC. The van der Waals surface area contributed by atoms with Crippen molar-refractivity contribution >= 4 is 5.97 Å². The van der Waals surface area contributed by atoms with Gasteiger partial charge >= 0.3 is 5.97 Å². The van der Waals surface area contributed by atoms with Gasteiger partial charge in [-0.15, -0.1) is 0 Å². The van der Waals surface area contributed by atoms with Crippen LogP contribution >= 0.6 is 0 Å². The first kappa shape index (κ1) is 19.4. The first-order chi connectivity index (χ1) is 9.39. The molecule has 0 aromatic carbocycles. The number of esters is 1. The minimum absolute atomic E-state index is 0.202. The zero-order valence-corrected chi connectivity index (χ0v) is 14.0. The Hall–Kier alpha value is -0.650. The Labute approximate surface area is 124 Å². The van der Waals surface area contributed by atoms with Crippen LogP contribution in [0.25, 0.3) is 0 Å². The van der Waals surface area contributed by atoms with E-state index in [1.165, 1.54) is 7.11 Å². The van der Waals surface area contributed by atoms with Gasteiger partial charge in [0.25, 0.3) is 0 Å². The van der Waals surface area contributed by atoms with Gasteiger partial charge in [0.1, 0.15) is 5.54 Å². The summed E-state index contributed by atoms with van der Waals surface area (Å²) < 4.78 is 10.0. The molecule has 0 aliphatic carbocycles. The van der Waals surface area contributed by atoms with Crippen molar-refractivity contribution in [2.24, 2.45) is 5.92 Å². The van der Waals surface area contributed by atoms with E-state index in [0.717, 1.165) is 39.1 Å². The summed E-state index contributed by atoms with van der Waals surface area (Å²) in [5, 5.41) is 3.07. The molecule has 0 aliphatic heterocycles. The maximum Gasteiger partial charge on any atom is 0.325 e. The highest BCUT2D eigenvalue weighted by Gasteiger charge is 2.31. The predicted octanol–water partition coefficient (Wildman–Crippen LogP) is 1.52. The molecule has 0 heterocycles. The number of carbonyl (C=O) groups excluding carboxylic acids is 1. The molecular formula is C15H32N2O3. The lowest BCUT2D eigenvalue weighted by molar-refractivity contribution is -0.148. The largest absolute Gasteiger partial charge is 0.468 e. The second-order valence-electron chi connectivity index (χ2n) is 5.86. The molecular weight excluding hydrogens is 256 g/mol. The minimum atomic E-state index is -0.598. The van der Waals surface area contributed by atoms with E-state index < -0.39 is 5.54 Å². The summed E-state index contributed by atoms with van der Waals surface area (Å²) >= 11 is 0. The van der Waals surface area contributed by atoms with Crippen LogP contribution < -0.4 is 5.32 Å². The molecule has 0 bridgehead atoms. The van der Waals surface area contributed by atoms with Crippen LogP contribution in [0.5, 0.6) is 0 Å². The predicted molar refractivity (Wildman–Crippen MR) is 81.9 cm³/mol. The topological polar surface area (TPSA) is 50.8 Å². The molecule has 0 radical (unpaired) electrons. The molecule has 0 aromatic rings. The molecule has 0 aliphatic rings. The summed E-state index contributed by atoms with van der Waals surface area (Å²) in [7, 11) is 4.96. The zero-order chi connectivity index (χ0) is 15.6. The Morgan fingerprint density at radius 1 is 1.30 bits per heavy atom. The number of likely N-dealkylation sites (N-methyl/N-ethyl adjacent to an activating group) is 1. The van der Waals surface area contributed by atoms with Crippen LogP contribution in [0, 0.1) is 5.92 Å². The van der Waals surface area contributed by atoms with Crippen molar-refractivity contribution in [1.29, 1.82) is 0 Å². The van der Waals surface area contributed by atoms with Crippen LogP contribution in [0.2, 0.25) is 0 Å². The number of ether oxygens (including phenoxy) is 2. The Morgan fingerprint density at radius 3 is 2.40 bits per heavy atom. The van der Waals surface area contributed by atoms with Crippen LogP contribution in [0.1, 0.15) is 33.6 Å². The Kier molecular flexibility index (Phi) is 9.80. The van der Waals surface area contributed by atoms with Gasteiger partial charge in [0.05, 0.1) is 13.7 Å². The van der Waals surface area contributed by atoms with Gasteiger partial charge in [0, 0.05) is 20.2 Å². The van der Waals surface area contributed by atoms with E-state index in [1.807, 2.05) is 6.92 Å². The number of nitrogens with one attached hydrogen (secondary N) is 1. The summed E-state index contributed by atoms with van der Waals surface area (Å²) in [5.74, 6) is 0.426. The Morgan fingerprint density at radius 2 is 1.95 bits per heavy atom. The number of nitrogens with zero attached hydrogens (tertiary/aromatic N) is 1. The molecule has 0 saturated carbocycles. The van der Waals surface area contributed by atoms with Gasteiger partial charge < -0.3 is 19.7 Å². The fraction of sp³-hybridized carbons (Fsp3) is 0.933. The summed E-state index contributed by atoms with van der Waals surface area (Å²) in [5.41, 5.74) is -0.598. The van der Waals surface area contributed by atoms with E-state index in [4.69, 9.17) is 9.47 Å². The highest BCUT2D eigenvalue weighted by atomic mass is 16.5. The lowest BCUT2D eigenvalue weighted by Gasteiger charge is -2.28. The third-order valence-corrected chi connectivity index (χ3v) is 3.57. The second kappa shape index (κ2) is 10.1. The lowest BCUT2D eigenvalue weighted by atomic mass is 9.96. The van der Waals surface area contributed by atoms with Crippen LogP contribution in [0.3, 0.4) is 0 Å². The highest BCUT2D eigenvalue weighted by molar-refractivity contribution is 5.80. The molecule has 5 heteroatoms. The first-order valence-corrected chi connectivity index (χ1v) is 7.38. The van der Waals surface area contributed by atoms with E-state index >= 15 is 0 Å². The van der Waals surface area contributed by atoms with Gasteiger partial charge in [0.15, 0.2) is 0 Å². The van der Waals surface area contributed by atoms with Gasteiger partial charge in [-0.2, -0.15) is 0 Å². The molecule has 0 amide bonds. The van der Waals surface area contributed by atoms with Crippen LogP contribution in [0.4, 0.5) is 0 Å². The van der Waals surface area contributed by atoms with Crippen molar-refractivity contribution in [3.05, 3.63) is 0 Å². The number of hydrogen-bond acceptors (Lipinski definition) is 5. The van der Waals surface area contributed by atoms with Crippen molar-refractivity contribution in [2.75, 3.05) is 47.5 Å². The highest BCUT2D eigenvalue weighted by Crippen LogP contribution is 2.14. The number of hydrogen-bond donors (Lipinski definition) is 1. The summed E-state index contributed by atoms with van der Waals surface area (Å²) in [6, 6.07) is 0. The molecule has 0 aromatic heterocycles. The summed E-state index contributed by atoms with van der Waals surface area (Å²) in [6.45, 7) is 10.0. The number of carbonyl (C=O) groups is 1. The molecule has 120 valence electrons. The van der Waals surface area contributed by atoms with Gasteiger partial charge in [-0.25, -0.2) is 0 Å². The first-order valence-electron chi connectivity index (χ1n) is 7.38. The average molecular weight is 288 g/mol. The molecule has 20 heavy (non-hydrogen) atoms. The van der Waals surface area contributed by atoms with E-state index in [9.17, 15) is 4.79 Å². The summed E-state index contributed by atoms with van der Waals surface area (Å²) in [6.07, 6.45) is 1.71. The van der Waals surface area contributed by atoms with E-state index in [-0.39, 0.29) is 5.97 Å². The number of rotatable bonds is 11. The van der Waals surface area contributed by atoms with Crippen molar-refractivity contribution < 1.29 is 14.3 Å². The number of methoxy groups -OCH3 is 2. The van der Waals surface area contributed by atoms with Gasteiger partial charge in [-0.1, -0.05) is 13.8 Å². The van der Waals surface area contributed by atoms with Crippen LogP contribution in [0.15, 0.2) is 0 Å². The van der Waals surface area contributed by atoms with Crippen molar-refractivity contribution in [3.63, 3.8) is 0 Å². The monoisotopic (exact) mass is 288 g/mol. The van der Waals surface area contributed by atoms with Crippen LogP contribution in [-0.2, 0) is 14.3 Å². The molecule has 1 unspecified atom stereocenters.